The van der Waals surface area contributed by atoms with Gasteiger partial charge in [-0.15, -0.1) is 0 Å². The van der Waals surface area contributed by atoms with Crippen LogP contribution in [0.15, 0.2) is 29.1 Å². The largest absolute Gasteiger partial charge is 0.322 e. The highest BCUT2D eigenvalue weighted by molar-refractivity contribution is 5.79. The zero-order valence-electron chi connectivity index (χ0n) is 12.0. The summed E-state index contributed by atoms with van der Waals surface area (Å²) in [4.78, 5) is 15.1. The lowest BCUT2D eigenvalue weighted by Gasteiger charge is -2.23. The Labute approximate surface area is 119 Å². The molecule has 0 unspecified atom stereocenters. The van der Waals surface area contributed by atoms with Gasteiger partial charge in [-0.1, -0.05) is 25.5 Å². The molecular formula is C17H22N2O. The first kappa shape index (κ1) is 13.4. The van der Waals surface area contributed by atoms with Gasteiger partial charge in [0.15, 0.2) is 0 Å². The minimum absolute atomic E-state index is 0.0711. The highest BCUT2D eigenvalue weighted by Crippen LogP contribution is 2.27. The zero-order valence-corrected chi connectivity index (χ0v) is 12.0. The molecule has 0 saturated carbocycles. The quantitative estimate of drug-likeness (QED) is 0.900. The predicted molar refractivity (Wildman–Crippen MR) is 83.4 cm³/mol. The molecule has 3 rings (SSSR count). The molecule has 2 N–H and O–H groups in total. The maximum absolute atomic E-state index is 12.0. The molecule has 1 aromatic heterocycles. The Morgan fingerprint density at radius 3 is 2.75 bits per heavy atom. The highest BCUT2D eigenvalue weighted by Gasteiger charge is 2.15. The van der Waals surface area contributed by atoms with E-state index in [2.05, 4.69) is 35.4 Å². The summed E-state index contributed by atoms with van der Waals surface area (Å²) >= 11 is 0. The normalized spacial score (nSPS) is 16.6. The van der Waals surface area contributed by atoms with E-state index in [-0.39, 0.29) is 5.56 Å². The number of rotatable bonds is 3. The van der Waals surface area contributed by atoms with Crippen molar-refractivity contribution in [3.05, 3.63) is 45.7 Å². The van der Waals surface area contributed by atoms with Crippen LogP contribution in [0, 0.1) is 0 Å². The number of aryl methyl sites for hydroxylation is 1. The van der Waals surface area contributed by atoms with E-state index in [9.17, 15) is 4.79 Å². The zero-order chi connectivity index (χ0) is 13.9. The first-order chi connectivity index (χ1) is 9.78. The molecule has 1 fully saturated rings. The minimum atomic E-state index is 0.0711. The van der Waals surface area contributed by atoms with E-state index in [4.69, 9.17) is 0 Å². The van der Waals surface area contributed by atoms with Crippen LogP contribution < -0.4 is 10.9 Å². The number of hydrogen-bond donors (Lipinski definition) is 2. The van der Waals surface area contributed by atoms with Gasteiger partial charge in [-0.05, 0) is 61.4 Å². The molecule has 0 spiro atoms. The third-order valence-electron chi connectivity index (χ3n) is 4.28. The third kappa shape index (κ3) is 2.63. The molecule has 0 radical (unpaired) electrons. The van der Waals surface area contributed by atoms with E-state index >= 15 is 0 Å². The first-order valence-electron chi connectivity index (χ1n) is 7.64. The molecule has 0 atom stereocenters. The molecule has 0 amide bonds. The van der Waals surface area contributed by atoms with Crippen molar-refractivity contribution in [3.8, 4) is 0 Å². The van der Waals surface area contributed by atoms with E-state index in [0.29, 0.717) is 5.92 Å². The van der Waals surface area contributed by atoms with Gasteiger partial charge < -0.3 is 10.3 Å². The van der Waals surface area contributed by atoms with Gasteiger partial charge in [0.1, 0.15) is 0 Å². The summed E-state index contributed by atoms with van der Waals surface area (Å²) in [5.74, 6) is 0.625. The van der Waals surface area contributed by atoms with Crippen LogP contribution >= 0.6 is 0 Å². The molecular weight excluding hydrogens is 248 g/mol. The van der Waals surface area contributed by atoms with Gasteiger partial charge in [-0.3, -0.25) is 4.79 Å². The van der Waals surface area contributed by atoms with Gasteiger partial charge in [0.25, 0.3) is 5.56 Å². The maximum atomic E-state index is 12.0. The summed E-state index contributed by atoms with van der Waals surface area (Å²) in [5, 5.41) is 4.54. The van der Waals surface area contributed by atoms with Crippen molar-refractivity contribution in [1.29, 1.82) is 0 Å². The van der Waals surface area contributed by atoms with Crippen LogP contribution in [0.2, 0.25) is 0 Å². The lowest BCUT2D eigenvalue weighted by Crippen LogP contribution is -2.26. The molecule has 0 bridgehead atoms. The molecule has 1 aliphatic heterocycles. The average Bonchev–Trinajstić information content (AvgIpc) is 2.49. The van der Waals surface area contributed by atoms with Gasteiger partial charge in [0.2, 0.25) is 0 Å². The fraction of sp³-hybridized carbons (Fsp3) is 0.471. The van der Waals surface area contributed by atoms with Crippen molar-refractivity contribution in [2.75, 3.05) is 13.1 Å². The molecule has 3 heteroatoms. The lowest BCUT2D eigenvalue weighted by molar-refractivity contribution is 0.460. The number of piperidine rings is 1. The van der Waals surface area contributed by atoms with Crippen LogP contribution in [0.1, 0.15) is 43.2 Å². The fourth-order valence-electron chi connectivity index (χ4n) is 3.13. The Hall–Kier alpha value is -1.61. The van der Waals surface area contributed by atoms with E-state index in [1.54, 1.807) is 0 Å². The number of H-pyrrole nitrogens is 1. The van der Waals surface area contributed by atoms with Crippen molar-refractivity contribution in [2.45, 2.75) is 38.5 Å². The molecule has 0 aliphatic carbocycles. The van der Waals surface area contributed by atoms with Gasteiger partial charge in [-0.25, -0.2) is 0 Å². The van der Waals surface area contributed by atoms with Gasteiger partial charge >= 0.3 is 0 Å². The molecule has 1 saturated heterocycles. The fourth-order valence-corrected chi connectivity index (χ4v) is 3.13. The van der Waals surface area contributed by atoms with Crippen molar-refractivity contribution < 1.29 is 0 Å². The molecule has 1 aromatic carbocycles. The van der Waals surface area contributed by atoms with Crippen LogP contribution in [0.25, 0.3) is 10.9 Å². The van der Waals surface area contributed by atoms with Crippen molar-refractivity contribution in [1.82, 2.24) is 10.3 Å². The van der Waals surface area contributed by atoms with Gasteiger partial charge in [-0.2, -0.15) is 0 Å². The maximum Gasteiger partial charge on any atom is 0.251 e. The third-order valence-corrected chi connectivity index (χ3v) is 4.28. The second-order valence-corrected chi connectivity index (χ2v) is 5.74. The summed E-state index contributed by atoms with van der Waals surface area (Å²) in [7, 11) is 0. The van der Waals surface area contributed by atoms with E-state index in [1.165, 1.54) is 18.4 Å². The monoisotopic (exact) mass is 270 g/mol. The van der Waals surface area contributed by atoms with Crippen LogP contribution in [0.4, 0.5) is 0 Å². The molecule has 106 valence electrons. The van der Waals surface area contributed by atoms with E-state index in [0.717, 1.165) is 42.4 Å². The van der Waals surface area contributed by atoms with Crippen LogP contribution in [0.3, 0.4) is 0 Å². The minimum Gasteiger partial charge on any atom is -0.322 e. The number of nitrogens with one attached hydrogen (secondary N) is 2. The summed E-state index contributed by atoms with van der Waals surface area (Å²) in [6, 6.07) is 8.60. The second kappa shape index (κ2) is 5.80. The smallest absolute Gasteiger partial charge is 0.251 e. The number of aromatic nitrogens is 1. The topological polar surface area (TPSA) is 44.9 Å². The predicted octanol–water partition coefficient (Wildman–Crippen LogP) is 2.95. The number of hydrogen-bond acceptors (Lipinski definition) is 2. The molecule has 2 heterocycles. The van der Waals surface area contributed by atoms with Crippen molar-refractivity contribution >= 4 is 10.9 Å². The Bertz CT molecular complexity index is 654. The number of fused-ring (bicyclic) bond motifs is 1. The second-order valence-electron chi connectivity index (χ2n) is 5.74. The van der Waals surface area contributed by atoms with Crippen LogP contribution in [0.5, 0.6) is 0 Å². The summed E-state index contributed by atoms with van der Waals surface area (Å²) in [5.41, 5.74) is 3.31. The van der Waals surface area contributed by atoms with Crippen molar-refractivity contribution in [2.24, 2.45) is 0 Å². The lowest BCUT2D eigenvalue weighted by atomic mass is 9.89. The molecule has 3 nitrogen and oxygen atoms in total. The van der Waals surface area contributed by atoms with Crippen molar-refractivity contribution in [3.63, 3.8) is 0 Å². The highest BCUT2D eigenvalue weighted by atomic mass is 16.1. The van der Waals surface area contributed by atoms with Crippen LogP contribution in [-0.2, 0) is 6.42 Å². The van der Waals surface area contributed by atoms with Crippen LogP contribution in [-0.4, -0.2) is 18.1 Å². The molecule has 20 heavy (non-hydrogen) atoms. The van der Waals surface area contributed by atoms with E-state index in [1.807, 2.05) is 6.07 Å². The molecule has 2 aromatic rings. The summed E-state index contributed by atoms with van der Waals surface area (Å²) < 4.78 is 0. The SMILES string of the molecule is CCCc1cc2ccc(C3CCNCC3)cc2[nH]c1=O. The standard InChI is InChI=1S/C17H22N2O/c1-2-3-15-10-14-5-4-13(11-16(14)19-17(15)20)12-6-8-18-9-7-12/h4-5,10-12,18H,2-3,6-9H2,1H3,(H,19,20). The molecule has 1 aliphatic rings. The Kier molecular flexibility index (Phi) is 3.88. The summed E-state index contributed by atoms with van der Waals surface area (Å²) in [6.45, 7) is 4.28. The Morgan fingerprint density at radius 2 is 2.00 bits per heavy atom. The Morgan fingerprint density at radius 1 is 1.20 bits per heavy atom. The van der Waals surface area contributed by atoms with Gasteiger partial charge in [0.05, 0.1) is 0 Å². The Balaban J connectivity index is 1.98. The average molecular weight is 270 g/mol. The number of aromatic amines is 1. The van der Waals surface area contributed by atoms with Gasteiger partial charge in [0, 0.05) is 11.1 Å². The van der Waals surface area contributed by atoms with E-state index < -0.39 is 0 Å². The summed E-state index contributed by atoms with van der Waals surface area (Å²) in [6.07, 6.45) is 4.22. The number of benzene rings is 1. The first-order valence-corrected chi connectivity index (χ1v) is 7.64. The number of pyridine rings is 1.